The molecule has 7 rings (SSSR count). The van der Waals surface area contributed by atoms with Gasteiger partial charge in [0.2, 0.25) is 5.91 Å². The largest absolute Gasteiger partial charge is 0.434 e. The predicted molar refractivity (Wildman–Crippen MR) is 158 cm³/mol. The van der Waals surface area contributed by atoms with Gasteiger partial charge in [-0.1, -0.05) is 29.8 Å². The van der Waals surface area contributed by atoms with Crippen LogP contribution >= 0.6 is 11.6 Å². The van der Waals surface area contributed by atoms with Crippen LogP contribution in [0.15, 0.2) is 72.8 Å². The van der Waals surface area contributed by atoms with Crippen molar-refractivity contribution < 1.29 is 27.9 Å². The van der Waals surface area contributed by atoms with Crippen molar-refractivity contribution in [2.24, 2.45) is 0 Å². The number of nitrogens with one attached hydrogen (secondary N) is 3. The maximum absolute atomic E-state index is 14.5. The first-order chi connectivity index (χ1) is 21.2. The molecule has 222 valence electrons. The zero-order chi connectivity index (χ0) is 30.6. The highest BCUT2D eigenvalue weighted by Crippen LogP contribution is 2.48. The second kappa shape index (κ2) is 10.6. The Bertz CT molecular complexity index is 1980. The molecule has 0 radical (unpaired) electrons. The zero-order valence-electron chi connectivity index (χ0n) is 23.0. The van der Waals surface area contributed by atoms with Crippen LogP contribution in [0.3, 0.4) is 0 Å². The van der Waals surface area contributed by atoms with Gasteiger partial charge in [0.1, 0.15) is 23.2 Å². The van der Waals surface area contributed by atoms with Crippen molar-refractivity contribution in [3.05, 3.63) is 106 Å². The van der Waals surface area contributed by atoms with E-state index in [-0.39, 0.29) is 34.4 Å². The summed E-state index contributed by atoms with van der Waals surface area (Å²) in [7, 11) is 0. The van der Waals surface area contributed by atoms with Crippen LogP contribution in [0.1, 0.15) is 45.8 Å². The van der Waals surface area contributed by atoms with Crippen LogP contribution in [0.2, 0.25) is 5.02 Å². The molecule has 1 aliphatic heterocycles. The maximum atomic E-state index is 14.5. The number of aromatic nitrogens is 3. The lowest BCUT2D eigenvalue weighted by atomic mass is 9.88. The number of carbonyl (C=O) groups excluding carboxylic acids is 3. The Labute approximate surface area is 254 Å². The minimum atomic E-state index is -1.12. The van der Waals surface area contributed by atoms with Gasteiger partial charge in [-0.05, 0) is 66.6 Å². The summed E-state index contributed by atoms with van der Waals surface area (Å²) < 4.78 is 36.1. The highest BCUT2D eigenvalue weighted by atomic mass is 35.5. The highest BCUT2D eigenvalue weighted by molar-refractivity contribution is 6.31. The number of amides is 2. The lowest BCUT2D eigenvalue weighted by Gasteiger charge is -2.38. The quantitative estimate of drug-likeness (QED) is 0.196. The lowest BCUT2D eigenvalue weighted by Crippen LogP contribution is -2.45. The summed E-state index contributed by atoms with van der Waals surface area (Å²) in [4.78, 5) is 39.3. The van der Waals surface area contributed by atoms with Gasteiger partial charge < -0.3 is 15.4 Å². The Morgan fingerprint density at radius 3 is 2.66 bits per heavy atom. The average Bonchev–Trinajstić information content (AvgIpc) is 3.68. The molecule has 9 nitrogen and oxygen atoms in total. The molecule has 2 aliphatic rings. The van der Waals surface area contributed by atoms with Gasteiger partial charge in [0, 0.05) is 35.9 Å². The van der Waals surface area contributed by atoms with E-state index in [0.29, 0.717) is 16.9 Å². The third-order valence-electron chi connectivity index (χ3n) is 8.10. The summed E-state index contributed by atoms with van der Waals surface area (Å²) in [6, 6.07) is 17.4. The molecule has 44 heavy (non-hydrogen) atoms. The van der Waals surface area contributed by atoms with Crippen molar-refractivity contribution in [3.63, 3.8) is 0 Å². The normalized spacial score (nSPS) is 15.5. The summed E-state index contributed by atoms with van der Waals surface area (Å²) in [6.07, 6.45) is 2.45. The van der Waals surface area contributed by atoms with E-state index in [1.807, 2.05) is 10.6 Å². The van der Waals surface area contributed by atoms with Crippen molar-refractivity contribution in [3.8, 4) is 11.3 Å². The van der Waals surface area contributed by atoms with E-state index in [4.69, 9.17) is 16.3 Å². The number of nitrogens with zero attached hydrogens (tertiary/aromatic N) is 2. The van der Waals surface area contributed by atoms with E-state index >= 15 is 0 Å². The van der Waals surface area contributed by atoms with Gasteiger partial charge in [0.05, 0.1) is 16.2 Å². The fourth-order valence-electron chi connectivity index (χ4n) is 5.81. The zero-order valence-corrected chi connectivity index (χ0v) is 23.8. The molecule has 1 aliphatic carbocycles. The number of benzene rings is 3. The summed E-state index contributed by atoms with van der Waals surface area (Å²) in [6.45, 7) is 0. The lowest BCUT2D eigenvalue weighted by molar-refractivity contribution is -0.118. The standard InChI is InChI=1S/C32H24ClF2N5O4/c33-22-7-2-6-21(28(22)35)23-16-25(39-38-23)30(42)37-24(13-17-4-1-5-19(34)12-17)29(41)36-20-8-9-26-18(14-20)15-27-31(43)44-32(40(26)27)10-3-11-32/h1-2,4-9,12,14-16,24H,3,10-11,13H2,(H,36,41)(H,37,42)(H,38,39)/t24-/m0/s1. The molecular weight excluding hydrogens is 592 g/mol. The van der Waals surface area contributed by atoms with Crippen molar-refractivity contribution in [1.82, 2.24) is 20.1 Å². The number of ether oxygens (including phenoxy) is 1. The van der Waals surface area contributed by atoms with Gasteiger partial charge in [-0.15, -0.1) is 0 Å². The van der Waals surface area contributed by atoms with E-state index in [1.54, 1.807) is 30.3 Å². The first-order valence-corrected chi connectivity index (χ1v) is 14.3. The predicted octanol–water partition coefficient (Wildman–Crippen LogP) is 5.95. The number of carbonyl (C=O) groups is 3. The van der Waals surface area contributed by atoms with Crippen LogP contribution in [-0.2, 0) is 21.7 Å². The van der Waals surface area contributed by atoms with Crippen molar-refractivity contribution in [1.29, 1.82) is 0 Å². The fourth-order valence-corrected chi connectivity index (χ4v) is 5.98. The monoisotopic (exact) mass is 615 g/mol. The Morgan fingerprint density at radius 2 is 1.89 bits per heavy atom. The van der Waals surface area contributed by atoms with Crippen LogP contribution in [0.4, 0.5) is 14.5 Å². The number of esters is 1. The van der Waals surface area contributed by atoms with Gasteiger partial charge in [0.15, 0.2) is 11.5 Å². The summed E-state index contributed by atoms with van der Waals surface area (Å²) in [5.74, 6) is -2.76. The molecule has 1 spiro atoms. The Balaban J connectivity index is 1.14. The summed E-state index contributed by atoms with van der Waals surface area (Å²) in [5, 5.41) is 12.8. The summed E-state index contributed by atoms with van der Waals surface area (Å²) in [5.41, 5.74) is 1.83. The Kier molecular flexibility index (Phi) is 6.69. The van der Waals surface area contributed by atoms with Crippen LogP contribution in [-0.4, -0.2) is 38.6 Å². The second-order valence-corrected chi connectivity index (χ2v) is 11.4. The maximum Gasteiger partial charge on any atom is 0.357 e. The van der Waals surface area contributed by atoms with Crippen LogP contribution in [0, 0.1) is 11.6 Å². The van der Waals surface area contributed by atoms with E-state index in [9.17, 15) is 23.2 Å². The van der Waals surface area contributed by atoms with Gasteiger partial charge in [-0.25, -0.2) is 13.6 Å². The topological polar surface area (TPSA) is 118 Å². The number of anilines is 1. The van der Waals surface area contributed by atoms with Gasteiger partial charge in [0.25, 0.3) is 5.91 Å². The molecular formula is C32H24ClF2N5O4. The molecule has 5 aromatic rings. The molecule has 0 unspecified atom stereocenters. The molecule has 2 amide bonds. The highest BCUT2D eigenvalue weighted by Gasteiger charge is 2.50. The minimum Gasteiger partial charge on any atom is -0.434 e. The van der Waals surface area contributed by atoms with Gasteiger partial charge in [-0.2, -0.15) is 5.10 Å². The number of hydrogen-bond donors (Lipinski definition) is 3. The number of hydrogen-bond acceptors (Lipinski definition) is 5. The van der Waals surface area contributed by atoms with Crippen LogP contribution in [0.5, 0.6) is 0 Å². The van der Waals surface area contributed by atoms with Gasteiger partial charge >= 0.3 is 5.97 Å². The van der Waals surface area contributed by atoms with E-state index < -0.39 is 35.2 Å². The molecule has 3 N–H and O–H groups in total. The van der Waals surface area contributed by atoms with E-state index in [1.165, 1.54) is 36.4 Å². The third-order valence-corrected chi connectivity index (χ3v) is 8.40. The van der Waals surface area contributed by atoms with Crippen molar-refractivity contribution in [2.45, 2.75) is 37.5 Å². The molecule has 0 bridgehead atoms. The third kappa shape index (κ3) is 4.79. The minimum absolute atomic E-state index is 0.0158. The SMILES string of the molecule is O=C(N[C@@H](Cc1cccc(F)c1)C(=O)Nc1ccc2c(c1)cc1n2C2(CCC2)OC1=O)c1cc(-c2cccc(Cl)c2F)n[nH]1. The Morgan fingerprint density at radius 1 is 1.07 bits per heavy atom. The van der Waals surface area contributed by atoms with Crippen molar-refractivity contribution >= 4 is 46.0 Å². The first kappa shape index (κ1) is 27.8. The first-order valence-electron chi connectivity index (χ1n) is 14.0. The smallest absolute Gasteiger partial charge is 0.357 e. The molecule has 3 heterocycles. The number of halogens is 3. The Hall–Kier alpha value is -5.03. The number of aromatic amines is 1. The molecule has 0 saturated heterocycles. The number of rotatable bonds is 7. The van der Waals surface area contributed by atoms with Crippen LogP contribution in [0.25, 0.3) is 22.2 Å². The average molecular weight is 616 g/mol. The second-order valence-electron chi connectivity index (χ2n) is 10.9. The molecule has 1 saturated carbocycles. The number of fused-ring (bicyclic) bond motifs is 4. The fraction of sp³-hybridized carbons (Fsp3) is 0.188. The van der Waals surface area contributed by atoms with Crippen LogP contribution < -0.4 is 10.6 Å². The van der Waals surface area contributed by atoms with E-state index in [0.717, 1.165) is 30.2 Å². The summed E-state index contributed by atoms with van der Waals surface area (Å²) >= 11 is 5.89. The van der Waals surface area contributed by atoms with Crippen molar-refractivity contribution in [2.75, 3.05) is 5.32 Å². The molecule has 3 aromatic carbocycles. The molecule has 1 atom stereocenters. The molecule has 12 heteroatoms. The molecule has 1 fully saturated rings. The molecule has 2 aromatic heterocycles. The number of H-pyrrole nitrogens is 1. The van der Waals surface area contributed by atoms with Gasteiger partial charge in [-0.3, -0.25) is 19.3 Å². The van der Waals surface area contributed by atoms with E-state index in [2.05, 4.69) is 20.8 Å².